The first-order valence-corrected chi connectivity index (χ1v) is 5.60. The average Bonchev–Trinajstić information content (AvgIpc) is 2.89. The minimum absolute atomic E-state index is 0.236. The van der Waals surface area contributed by atoms with E-state index in [1.54, 1.807) is 4.68 Å². The Balaban J connectivity index is 2.03. The summed E-state index contributed by atoms with van der Waals surface area (Å²) >= 11 is 0. The monoisotopic (exact) mass is 236 g/mol. The van der Waals surface area contributed by atoms with Crippen LogP contribution >= 0.6 is 0 Å². The van der Waals surface area contributed by atoms with E-state index in [1.165, 1.54) is 0 Å². The summed E-state index contributed by atoms with van der Waals surface area (Å²) in [6, 6.07) is 0. The summed E-state index contributed by atoms with van der Waals surface area (Å²) in [7, 11) is 0. The Bertz CT molecular complexity index is 475. The molecule has 7 heteroatoms. The van der Waals surface area contributed by atoms with Gasteiger partial charge in [-0.1, -0.05) is 24.2 Å². The lowest BCUT2D eigenvalue weighted by Crippen LogP contribution is -2.03. The second kappa shape index (κ2) is 5.05. The highest BCUT2D eigenvalue weighted by molar-refractivity contribution is 4.96. The standard InChI is InChI=1S/C10H16N6O/c1-7(2)10-12-9(14-17-10)6-16-5-8(3-4-11)13-15-16/h5,7H,3-4,6,11H2,1-2H3. The van der Waals surface area contributed by atoms with Crippen LogP contribution in [0.25, 0.3) is 0 Å². The maximum atomic E-state index is 5.44. The van der Waals surface area contributed by atoms with E-state index in [0.717, 1.165) is 12.1 Å². The lowest BCUT2D eigenvalue weighted by atomic mass is 10.2. The van der Waals surface area contributed by atoms with Crippen molar-refractivity contribution < 1.29 is 4.52 Å². The molecule has 2 aromatic heterocycles. The third kappa shape index (κ3) is 2.88. The molecule has 2 N–H and O–H groups in total. The lowest BCUT2D eigenvalue weighted by molar-refractivity contribution is 0.359. The van der Waals surface area contributed by atoms with Gasteiger partial charge in [0.15, 0.2) is 5.82 Å². The summed E-state index contributed by atoms with van der Waals surface area (Å²) in [6.07, 6.45) is 2.57. The van der Waals surface area contributed by atoms with E-state index < -0.39 is 0 Å². The average molecular weight is 236 g/mol. The van der Waals surface area contributed by atoms with E-state index >= 15 is 0 Å². The SMILES string of the molecule is CC(C)c1nc(Cn2cc(CCN)nn2)no1. The highest BCUT2D eigenvalue weighted by Crippen LogP contribution is 2.11. The zero-order chi connectivity index (χ0) is 12.3. The number of nitrogens with zero attached hydrogens (tertiary/aromatic N) is 5. The van der Waals surface area contributed by atoms with Crippen molar-refractivity contribution in [1.82, 2.24) is 25.1 Å². The van der Waals surface area contributed by atoms with Crippen LogP contribution < -0.4 is 5.73 Å². The van der Waals surface area contributed by atoms with Crippen molar-refractivity contribution in [3.05, 3.63) is 23.6 Å². The topological polar surface area (TPSA) is 95.7 Å². The van der Waals surface area contributed by atoms with Gasteiger partial charge < -0.3 is 10.3 Å². The fraction of sp³-hybridized carbons (Fsp3) is 0.600. The number of rotatable bonds is 5. The summed E-state index contributed by atoms with van der Waals surface area (Å²) in [5.74, 6) is 1.49. The Morgan fingerprint density at radius 1 is 1.47 bits per heavy atom. The van der Waals surface area contributed by atoms with Crippen LogP contribution in [0.4, 0.5) is 0 Å². The number of hydrogen-bond acceptors (Lipinski definition) is 6. The minimum atomic E-state index is 0.236. The predicted molar refractivity (Wildman–Crippen MR) is 60.3 cm³/mol. The van der Waals surface area contributed by atoms with Gasteiger partial charge in [0, 0.05) is 18.5 Å². The normalized spacial score (nSPS) is 11.3. The van der Waals surface area contributed by atoms with Gasteiger partial charge in [-0.05, 0) is 6.54 Å². The van der Waals surface area contributed by atoms with Gasteiger partial charge in [-0.3, -0.25) is 0 Å². The highest BCUT2D eigenvalue weighted by atomic mass is 16.5. The highest BCUT2D eigenvalue weighted by Gasteiger charge is 2.10. The minimum Gasteiger partial charge on any atom is -0.339 e. The van der Waals surface area contributed by atoms with Crippen molar-refractivity contribution >= 4 is 0 Å². The van der Waals surface area contributed by atoms with Crippen LogP contribution in [0.1, 0.15) is 37.2 Å². The van der Waals surface area contributed by atoms with E-state index in [2.05, 4.69) is 20.5 Å². The quantitative estimate of drug-likeness (QED) is 0.803. The van der Waals surface area contributed by atoms with Gasteiger partial charge in [0.05, 0.1) is 5.69 Å². The molecule has 0 saturated heterocycles. The predicted octanol–water partition coefficient (Wildman–Crippen LogP) is 0.334. The molecule has 0 saturated carbocycles. The summed E-state index contributed by atoms with van der Waals surface area (Å²) in [4.78, 5) is 4.27. The molecule has 2 heterocycles. The van der Waals surface area contributed by atoms with Gasteiger partial charge in [-0.25, -0.2) is 4.68 Å². The first-order valence-electron chi connectivity index (χ1n) is 5.60. The van der Waals surface area contributed by atoms with Crippen molar-refractivity contribution in [2.24, 2.45) is 5.73 Å². The molecular weight excluding hydrogens is 220 g/mol. The van der Waals surface area contributed by atoms with E-state index in [4.69, 9.17) is 10.3 Å². The van der Waals surface area contributed by atoms with Gasteiger partial charge in [0.25, 0.3) is 0 Å². The molecular formula is C10H16N6O. The zero-order valence-electron chi connectivity index (χ0n) is 10.00. The van der Waals surface area contributed by atoms with Gasteiger partial charge in [-0.2, -0.15) is 4.98 Å². The molecule has 7 nitrogen and oxygen atoms in total. The van der Waals surface area contributed by atoms with Crippen LogP contribution in [0.15, 0.2) is 10.7 Å². The van der Waals surface area contributed by atoms with Gasteiger partial charge in [-0.15, -0.1) is 5.10 Å². The lowest BCUT2D eigenvalue weighted by Gasteiger charge is -1.93. The third-order valence-electron chi connectivity index (χ3n) is 2.27. The molecule has 0 aliphatic rings. The molecule has 0 bridgehead atoms. The second-order valence-corrected chi connectivity index (χ2v) is 4.15. The molecule has 2 aromatic rings. The molecule has 17 heavy (non-hydrogen) atoms. The summed E-state index contributed by atoms with van der Waals surface area (Å²) in [5.41, 5.74) is 6.32. The summed E-state index contributed by atoms with van der Waals surface area (Å²) in [5, 5.41) is 11.9. The summed E-state index contributed by atoms with van der Waals surface area (Å²) in [6.45, 7) is 5.05. The largest absolute Gasteiger partial charge is 0.339 e. The van der Waals surface area contributed by atoms with Gasteiger partial charge >= 0.3 is 0 Å². The van der Waals surface area contributed by atoms with E-state index in [1.807, 2.05) is 20.0 Å². The molecule has 0 fully saturated rings. The Kier molecular flexibility index (Phi) is 3.48. The number of aromatic nitrogens is 5. The molecule has 0 aliphatic carbocycles. The van der Waals surface area contributed by atoms with Crippen molar-refractivity contribution in [1.29, 1.82) is 0 Å². The molecule has 0 atom stereocenters. The Hall–Kier alpha value is -1.76. The zero-order valence-corrected chi connectivity index (χ0v) is 10.00. The van der Waals surface area contributed by atoms with Crippen LogP contribution in [-0.4, -0.2) is 31.7 Å². The van der Waals surface area contributed by atoms with E-state index in [9.17, 15) is 0 Å². The number of nitrogens with two attached hydrogens (primary N) is 1. The molecule has 0 unspecified atom stereocenters. The second-order valence-electron chi connectivity index (χ2n) is 4.15. The molecule has 0 aliphatic heterocycles. The molecule has 0 amide bonds. The van der Waals surface area contributed by atoms with E-state index in [-0.39, 0.29) is 5.92 Å². The fourth-order valence-corrected chi connectivity index (χ4v) is 1.39. The van der Waals surface area contributed by atoms with Gasteiger partial charge in [0.2, 0.25) is 5.89 Å². The van der Waals surface area contributed by atoms with E-state index in [0.29, 0.717) is 24.8 Å². The van der Waals surface area contributed by atoms with Crippen molar-refractivity contribution in [3.63, 3.8) is 0 Å². The van der Waals surface area contributed by atoms with Crippen LogP contribution in [0, 0.1) is 0 Å². The molecule has 92 valence electrons. The van der Waals surface area contributed by atoms with Crippen LogP contribution in [0.3, 0.4) is 0 Å². The smallest absolute Gasteiger partial charge is 0.229 e. The Labute approximate surface area is 99.0 Å². The van der Waals surface area contributed by atoms with Crippen LogP contribution in [0.5, 0.6) is 0 Å². The molecule has 0 aromatic carbocycles. The van der Waals surface area contributed by atoms with Crippen LogP contribution in [0.2, 0.25) is 0 Å². The van der Waals surface area contributed by atoms with Crippen molar-refractivity contribution in [2.75, 3.05) is 6.54 Å². The van der Waals surface area contributed by atoms with Crippen molar-refractivity contribution in [2.45, 2.75) is 32.7 Å². The van der Waals surface area contributed by atoms with Crippen LogP contribution in [-0.2, 0) is 13.0 Å². The number of hydrogen-bond donors (Lipinski definition) is 1. The molecule has 0 radical (unpaired) electrons. The Morgan fingerprint density at radius 2 is 2.29 bits per heavy atom. The molecule has 0 spiro atoms. The fourth-order valence-electron chi connectivity index (χ4n) is 1.39. The first kappa shape index (κ1) is 11.7. The maximum absolute atomic E-state index is 5.44. The Morgan fingerprint density at radius 3 is 2.94 bits per heavy atom. The maximum Gasteiger partial charge on any atom is 0.229 e. The van der Waals surface area contributed by atoms with Crippen molar-refractivity contribution in [3.8, 4) is 0 Å². The summed E-state index contributed by atoms with van der Waals surface area (Å²) < 4.78 is 6.79. The van der Waals surface area contributed by atoms with Gasteiger partial charge in [0.1, 0.15) is 6.54 Å². The first-order chi connectivity index (χ1) is 8.19. The third-order valence-corrected chi connectivity index (χ3v) is 2.27. The molecule has 2 rings (SSSR count).